The van der Waals surface area contributed by atoms with Crippen molar-refractivity contribution in [3.63, 3.8) is 0 Å². The van der Waals surface area contributed by atoms with Gasteiger partial charge in [0.1, 0.15) is 0 Å². The number of carbonyl (C=O) groups excluding carboxylic acids is 1. The van der Waals surface area contributed by atoms with Crippen LogP contribution in [-0.2, 0) is 21.4 Å². The van der Waals surface area contributed by atoms with Crippen LogP contribution in [0.5, 0.6) is 11.5 Å². The number of likely N-dealkylation sites (N-methyl/N-ethyl adjacent to an activating group) is 1. The van der Waals surface area contributed by atoms with Gasteiger partial charge in [-0.1, -0.05) is 11.6 Å². The molecule has 4 aliphatic rings. The van der Waals surface area contributed by atoms with Gasteiger partial charge in [-0.2, -0.15) is 4.31 Å². The number of hydrogen-bond acceptors (Lipinski definition) is 6. The topological polar surface area (TPSA) is 79.4 Å². The second-order valence-electron chi connectivity index (χ2n) is 9.60. The number of nitrogens with zero attached hydrogens (tertiary/aromatic N) is 3. The highest BCUT2D eigenvalue weighted by molar-refractivity contribution is 7.89. The van der Waals surface area contributed by atoms with Gasteiger partial charge in [0.05, 0.1) is 10.6 Å². The maximum absolute atomic E-state index is 13.5. The maximum atomic E-state index is 13.5. The third kappa shape index (κ3) is 3.91. The summed E-state index contributed by atoms with van der Waals surface area (Å²) < 4.78 is 39.5. The molecule has 1 saturated heterocycles. The average molecular weight is 496 g/mol. The molecule has 8 nitrogen and oxygen atoms in total. The van der Waals surface area contributed by atoms with Crippen LogP contribution in [0.2, 0.25) is 0 Å². The molecule has 0 unspecified atom stereocenters. The van der Waals surface area contributed by atoms with E-state index < -0.39 is 10.0 Å². The Morgan fingerprint density at radius 2 is 1.66 bits per heavy atom. The predicted octanol–water partition coefficient (Wildman–Crippen LogP) is 3.23. The van der Waals surface area contributed by atoms with E-state index in [0.29, 0.717) is 31.8 Å². The van der Waals surface area contributed by atoms with E-state index in [9.17, 15) is 13.2 Å². The van der Waals surface area contributed by atoms with Crippen molar-refractivity contribution in [1.29, 1.82) is 0 Å². The van der Waals surface area contributed by atoms with E-state index in [0.717, 1.165) is 66.1 Å². The number of hydrogen-bond donors (Lipinski definition) is 0. The Morgan fingerprint density at radius 3 is 2.43 bits per heavy atom. The van der Waals surface area contributed by atoms with Crippen molar-refractivity contribution < 1.29 is 22.7 Å². The van der Waals surface area contributed by atoms with Crippen molar-refractivity contribution in [1.82, 2.24) is 9.21 Å². The Labute approximate surface area is 205 Å². The van der Waals surface area contributed by atoms with Gasteiger partial charge in [-0.3, -0.25) is 9.69 Å². The van der Waals surface area contributed by atoms with E-state index in [1.165, 1.54) is 0 Å². The molecule has 0 bridgehead atoms. The zero-order valence-corrected chi connectivity index (χ0v) is 20.6. The van der Waals surface area contributed by atoms with Gasteiger partial charge in [0, 0.05) is 50.9 Å². The average Bonchev–Trinajstić information content (AvgIpc) is 3.60. The highest BCUT2D eigenvalue weighted by Gasteiger charge is 2.35. The van der Waals surface area contributed by atoms with Crippen molar-refractivity contribution in [3.05, 3.63) is 53.1 Å². The SMILES string of the molecule is CN1C(=O)C(=C2CCCC2)c2cc(S(=O)(=O)N3CCN(Cc4ccc5c(c4)OCO5)CC3)ccc21. The van der Waals surface area contributed by atoms with Crippen molar-refractivity contribution in [2.24, 2.45) is 0 Å². The molecule has 0 atom stereocenters. The minimum absolute atomic E-state index is 0.0245. The predicted molar refractivity (Wildman–Crippen MR) is 132 cm³/mol. The molecular weight excluding hydrogens is 466 g/mol. The van der Waals surface area contributed by atoms with Crippen LogP contribution in [-0.4, -0.2) is 63.5 Å². The minimum Gasteiger partial charge on any atom is -0.454 e. The molecule has 9 heteroatoms. The third-order valence-corrected chi connectivity index (χ3v) is 9.38. The highest BCUT2D eigenvalue weighted by atomic mass is 32.2. The number of benzene rings is 2. The quantitative estimate of drug-likeness (QED) is 0.606. The maximum Gasteiger partial charge on any atom is 0.258 e. The third-order valence-electron chi connectivity index (χ3n) is 7.49. The summed E-state index contributed by atoms with van der Waals surface area (Å²) in [5, 5.41) is 0. The lowest BCUT2D eigenvalue weighted by Gasteiger charge is -2.34. The Balaban J connectivity index is 1.18. The van der Waals surface area contributed by atoms with Crippen molar-refractivity contribution in [2.75, 3.05) is 44.9 Å². The summed E-state index contributed by atoms with van der Waals surface area (Å²) in [5.74, 6) is 1.50. The number of ether oxygens (including phenoxy) is 2. The van der Waals surface area contributed by atoms with Crippen molar-refractivity contribution >= 4 is 27.2 Å². The fourth-order valence-corrected chi connectivity index (χ4v) is 6.98. The number of sulfonamides is 1. The molecular formula is C26H29N3O5S. The normalized spacial score (nSPS) is 20.7. The summed E-state index contributed by atoms with van der Waals surface area (Å²) in [6, 6.07) is 11.1. The van der Waals surface area contributed by atoms with E-state index >= 15 is 0 Å². The summed E-state index contributed by atoms with van der Waals surface area (Å²) in [6.45, 7) is 3.13. The monoisotopic (exact) mass is 495 g/mol. The molecule has 1 aliphatic carbocycles. The lowest BCUT2D eigenvalue weighted by Crippen LogP contribution is -2.48. The first-order chi connectivity index (χ1) is 16.9. The molecule has 3 aliphatic heterocycles. The fourth-order valence-electron chi connectivity index (χ4n) is 5.53. The summed E-state index contributed by atoms with van der Waals surface area (Å²) in [7, 11) is -1.89. The molecule has 1 saturated carbocycles. The molecule has 0 radical (unpaired) electrons. The van der Waals surface area contributed by atoms with Crippen molar-refractivity contribution in [3.8, 4) is 11.5 Å². The first-order valence-corrected chi connectivity index (χ1v) is 13.6. The van der Waals surface area contributed by atoms with Crippen LogP contribution >= 0.6 is 0 Å². The lowest BCUT2D eigenvalue weighted by atomic mass is 10.00. The van der Waals surface area contributed by atoms with Gasteiger partial charge in [0.15, 0.2) is 11.5 Å². The van der Waals surface area contributed by atoms with Crippen LogP contribution in [0.15, 0.2) is 46.9 Å². The highest BCUT2D eigenvalue weighted by Crippen LogP contribution is 2.43. The van der Waals surface area contributed by atoms with E-state index in [-0.39, 0.29) is 17.6 Å². The Kier molecular flexibility index (Phi) is 5.58. The zero-order valence-electron chi connectivity index (χ0n) is 19.8. The van der Waals surface area contributed by atoms with Gasteiger partial charge in [-0.25, -0.2) is 8.42 Å². The first-order valence-electron chi connectivity index (χ1n) is 12.2. The second-order valence-corrected chi connectivity index (χ2v) is 11.5. The number of fused-ring (bicyclic) bond motifs is 2. The molecule has 35 heavy (non-hydrogen) atoms. The largest absolute Gasteiger partial charge is 0.454 e. The van der Waals surface area contributed by atoms with Gasteiger partial charge < -0.3 is 14.4 Å². The van der Waals surface area contributed by atoms with Crippen molar-refractivity contribution in [2.45, 2.75) is 37.1 Å². The molecule has 1 amide bonds. The summed E-state index contributed by atoms with van der Waals surface area (Å²) in [4.78, 5) is 17.1. The van der Waals surface area contributed by atoms with Gasteiger partial charge in [-0.05, 0) is 61.6 Å². The Morgan fingerprint density at radius 1 is 0.914 bits per heavy atom. The van der Waals surface area contributed by atoms with E-state index in [1.807, 2.05) is 18.2 Å². The Hall–Kier alpha value is -2.88. The van der Waals surface area contributed by atoms with E-state index in [4.69, 9.17) is 9.47 Å². The number of amides is 1. The van der Waals surface area contributed by atoms with Gasteiger partial charge in [0.2, 0.25) is 16.8 Å². The van der Waals surface area contributed by atoms with Crippen LogP contribution in [0.25, 0.3) is 5.57 Å². The summed E-state index contributed by atoms with van der Waals surface area (Å²) >= 11 is 0. The Bertz CT molecular complexity index is 1320. The standard InChI is InChI=1S/C26H29N3O5S/c1-27-22-8-7-20(15-21(22)25(26(27)30)19-4-2-3-5-19)35(31,32)29-12-10-28(11-13-29)16-18-6-9-23-24(14-18)34-17-33-23/h6-9,14-15H,2-5,10-13,16-17H2,1H3. The van der Waals surface area contributed by atoms with Gasteiger partial charge in [0.25, 0.3) is 5.91 Å². The second kappa shape index (κ2) is 8.65. The molecule has 3 heterocycles. The van der Waals surface area contributed by atoms with Crippen LogP contribution in [0.1, 0.15) is 36.8 Å². The van der Waals surface area contributed by atoms with E-state index in [2.05, 4.69) is 4.90 Å². The summed E-state index contributed by atoms with van der Waals surface area (Å²) in [6.07, 6.45) is 3.99. The molecule has 6 rings (SSSR count). The van der Waals surface area contributed by atoms with Crippen LogP contribution in [0, 0.1) is 0 Å². The lowest BCUT2D eigenvalue weighted by molar-refractivity contribution is -0.112. The minimum atomic E-state index is -3.65. The van der Waals surface area contributed by atoms with E-state index in [1.54, 1.807) is 34.5 Å². The number of rotatable bonds is 4. The summed E-state index contributed by atoms with van der Waals surface area (Å²) in [5.41, 5.74) is 4.54. The van der Waals surface area contributed by atoms with Crippen LogP contribution in [0.4, 0.5) is 5.69 Å². The zero-order chi connectivity index (χ0) is 24.2. The smallest absolute Gasteiger partial charge is 0.258 e. The first kappa shape index (κ1) is 22.6. The molecule has 0 N–H and O–H groups in total. The van der Waals surface area contributed by atoms with Gasteiger partial charge >= 0.3 is 0 Å². The number of carbonyl (C=O) groups is 1. The molecule has 2 fully saturated rings. The fraction of sp³-hybridized carbons (Fsp3) is 0.423. The van der Waals surface area contributed by atoms with Crippen LogP contribution in [0.3, 0.4) is 0 Å². The number of allylic oxidation sites excluding steroid dienone is 1. The van der Waals surface area contributed by atoms with Gasteiger partial charge in [-0.15, -0.1) is 0 Å². The number of anilines is 1. The van der Waals surface area contributed by atoms with Crippen LogP contribution < -0.4 is 14.4 Å². The molecule has 0 spiro atoms. The molecule has 184 valence electrons. The molecule has 2 aromatic carbocycles. The molecule has 2 aromatic rings. The number of piperazine rings is 1. The molecule has 0 aromatic heterocycles.